The third kappa shape index (κ3) is 7.65. The lowest BCUT2D eigenvalue weighted by Crippen LogP contribution is -2.10. The summed E-state index contributed by atoms with van der Waals surface area (Å²) in [5.41, 5.74) is 0.402. The molecular formula is C22H19Cl3F4N2O3. The quantitative estimate of drug-likeness (QED) is 0.233. The standard InChI is InChI=1S/C22H19Cl3F4N2O3/c23-16-10-14(22(27,28)29)12-30-21(16)33-7-2-1-3-15-11-18(31-34-15)13-4-5-17(26)19(9-13)32-8-6-20(24)25/h4-6,9-10,12,15H,1-3,7-8,11H2. The number of benzene rings is 1. The van der Waals surface area contributed by atoms with E-state index in [1.54, 1.807) is 6.07 Å². The van der Waals surface area contributed by atoms with Crippen LogP contribution in [0.2, 0.25) is 5.02 Å². The Hall–Kier alpha value is -2.23. The number of pyridine rings is 1. The van der Waals surface area contributed by atoms with Crippen molar-refractivity contribution in [3.63, 3.8) is 0 Å². The van der Waals surface area contributed by atoms with Crippen LogP contribution in [0.4, 0.5) is 17.6 Å². The molecule has 3 rings (SSSR count). The van der Waals surface area contributed by atoms with E-state index in [1.807, 2.05) is 0 Å². The van der Waals surface area contributed by atoms with Gasteiger partial charge in [-0.25, -0.2) is 9.37 Å². The molecule has 0 bridgehead atoms. The number of aromatic nitrogens is 1. The Balaban J connectivity index is 1.42. The molecule has 0 fully saturated rings. The van der Waals surface area contributed by atoms with Crippen molar-refractivity contribution < 1.29 is 31.9 Å². The minimum atomic E-state index is -4.52. The van der Waals surface area contributed by atoms with Gasteiger partial charge in [0.1, 0.15) is 22.2 Å². The van der Waals surface area contributed by atoms with Gasteiger partial charge in [-0.05, 0) is 49.6 Å². The number of alkyl halides is 3. The van der Waals surface area contributed by atoms with E-state index in [2.05, 4.69) is 10.1 Å². The fourth-order valence-electron chi connectivity index (χ4n) is 3.07. The smallest absolute Gasteiger partial charge is 0.417 e. The highest BCUT2D eigenvalue weighted by atomic mass is 35.5. The van der Waals surface area contributed by atoms with Gasteiger partial charge in [0, 0.05) is 18.2 Å². The molecule has 5 nitrogen and oxygen atoms in total. The zero-order valence-corrected chi connectivity index (χ0v) is 19.8. The van der Waals surface area contributed by atoms with E-state index < -0.39 is 17.6 Å². The van der Waals surface area contributed by atoms with Crippen molar-refractivity contribution >= 4 is 40.5 Å². The Morgan fingerprint density at radius 1 is 1.18 bits per heavy atom. The lowest BCUT2D eigenvalue weighted by atomic mass is 10.0. The van der Waals surface area contributed by atoms with Crippen molar-refractivity contribution in [2.24, 2.45) is 5.16 Å². The number of rotatable bonds is 10. The normalized spacial score (nSPS) is 15.5. The summed E-state index contributed by atoms with van der Waals surface area (Å²) in [4.78, 5) is 9.09. The van der Waals surface area contributed by atoms with Crippen LogP contribution >= 0.6 is 34.8 Å². The molecule has 0 N–H and O–H groups in total. The van der Waals surface area contributed by atoms with Gasteiger partial charge in [0.15, 0.2) is 11.6 Å². The molecule has 0 saturated heterocycles. The Kier molecular flexibility index (Phi) is 9.27. The third-order valence-corrected chi connectivity index (χ3v) is 5.35. The number of halogens is 7. The van der Waals surface area contributed by atoms with Crippen molar-refractivity contribution in [3.05, 3.63) is 63.0 Å². The molecule has 2 heterocycles. The van der Waals surface area contributed by atoms with Crippen molar-refractivity contribution in [3.8, 4) is 11.6 Å². The van der Waals surface area contributed by atoms with Crippen LogP contribution in [0.3, 0.4) is 0 Å². The molecule has 1 aliphatic heterocycles. The number of oxime groups is 1. The maximum absolute atomic E-state index is 14.0. The fourth-order valence-corrected chi connectivity index (χ4v) is 3.42. The molecule has 184 valence electrons. The van der Waals surface area contributed by atoms with Crippen LogP contribution in [0.1, 0.15) is 36.8 Å². The van der Waals surface area contributed by atoms with Crippen LogP contribution in [-0.4, -0.2) is 30.0 Å². The van der Waals surface area contributed by atoms with Crippen LogP contribution in [0.25, 0.3) is 0 Å². The molecule has 0 radical (unpaired) electrons. The Morgan fingerprint density at radius 3 is 2.68 bits per heavy atom. The molecule has 12 heteroatoms. The number of unbranched alkanes of at least 4 members (excludes halogenated alkanes) is 1. The van der Waals surface area contributed by atoms with Gasteiger partial charge in [-0.2, -0.15) is 13.2 Å². The molecule has 1 aliphatic rings. The SMILES string of the molecule is Fc1ccc(C2=NOC(CCCCOc3ncc(C(F)(F)F)cc3Cl)C2)cc1OCC=C(Cl)Cl. The summed E-state index contributed by atoms with van der Waals surface area (Å²) >= 11 is 16.9. The first kappa shape index (κ1) is 26.4. The largest absolute Gasteiger partial charge is 0.486 e. The number of hydrogen-bond donors (Lipinski definition) is 0. The van der Waals surface area contributed by atoms with Crippen LogP contribution in [0.15, 0.2) is 46.2 Å². The highest BCUT2D eigenvalue weighted by Crippen LogP contribution is 2.33. The lowest BCUT2D eigenvalue weighted by Gasteiger charge is -2.11. The zero-order chi connectivity index (χ0) is 24.7. The Labute approximate surface area is 208 Å². The average Bonchev–Trinajstić information content (AvgIpc) is 3.24. The first-order chi connectivity index (χ1) is 16.1. The van der Waals surface area contributed by atoms with Gasteiger partial charge in [-0.3, -0.25) is 0 Å². The first-order valence-corrected chi connectivity index (χ1v) is 11.3. The van der Waals surface area contributed by atoms with E-state index in [-0.39, 0.29) is 40.5 Å². The van der Waals surface area contributed by atoms with Crippen molar-refractivity contribution in [1.29, 1.82) is 0 Å². The minimum absolute atomic E-state index is 0.0174. The van der Waals surface area contributed by atoms with Crippen LogP contribution < -0.4 is 9.47 Å². The molecule has 1 atom stereocenters. The predicted molar refractivity (Wildman–Crippen MR) is 121 cm³/mol. The number of nitrogens with zero attached hydrogens (tertiary/aromatic N) is 2. The topological polar surface area (TPSA) is 52.9 Å². The van der Waals surface area contributed by atoms with Gasteiger partial charge < -0.3 is 14.3 Å². The van der Waals surface area contributed by atoms with E-state index >= 15 is 0 Å². The van der Waals surface area contributed by atoms with Crippen molar-refractivity contribution in [1.82, 2.24) is 4.98 Å². The second-order valence-electron chi connectivity index (χ2n) is 7.27. The molecule has 0 spiro atoms. The summed E-state index contributed by atoms with van der Waals surface area (Å²) in [5.74, 6) is -0.528. The number of hydrogen-bond acceptors (Lipinski definition) is 5. The molecule has 0 amide bonds. The Bertz CT molecular complexity index is 1060. The van der Waals surface area contributed by atoms with E-state index in [4.69, 9.17) is 49.1 Å². The average molecular weight is 542 g/mol. The molecule has 0 aliphatic carbocycles. The summed E-state index contributed by atoms with van der Waals surface area (Å²) in [6.45, 7) is 0.252. The van der Waals surface area contributed by atoms with Crippen LogP contribution in [-0.2, 0) is 11.0 Å². The van der Waals surface area contributed by atoms with E-state index in [0.717, 1.165) is 12.5 Å². The van der Waals surface area contributed by atoms with Crippen LogP contribution in [0, 0.1) is 5.82 Å². The third-order valence-electron chi connectivity index (χ3n) is 4.77. The van der Waals surface area contributed by atoms with Gasteiger partial charge >= 0.3 is 6.18 Å². The zero-order valence-electron chi connectivity index (χ0n) is 17.5. The van der Waals surface area contributed by atoms with E-state index in [9.17, 15) is 17.6 Å². The maximum atomic E-state index is 14.0. The highest BCUT2D eigenvalue weighted by Gasteiger charge is 2.31. The van der Waals surface area contributed by atoms with E-state index in [0.29, 0.717) is 36.7 Å². The summed E-state index contributed by atoms with van der Waals surface area (Å²) in [7, 11) is 0. The molecule has 1 aromatic carbocycles. The molecule has 1 aromatic heterocycles. The predicted octanol–water partition coefficient (Wildman–Crippen LogP) is 7.33. The number of ether oxygens (including phenoxy) is 2. The second kappa shape index (κ2) is 12.0. The summed E-state index contributed by atoms with van der Waals surface area (Å²) in [6, 6.07) is 5.19. The van der Waals surface area contributed by atoms with Gasteiger partial charge in [0.25, 0.3) is 0 Å². The monoisotopic (exact) mass is 540 g/mol. The van der Waals surface area contributed by atoms with E-state index in [1.165, 1.54) is 18.2 Å². The summed E-state index contributed by atoms with van der Waals surface area (Å²) < 4.78 is 62.7. The molecule has 0 saturated carbocycles. The van der Waals surface area contributed by atoms with Crippen LogP contribution in [0.5, 0.6) is 11.6 Å². The van der Waals surface area contributed by atoms with Crippen molar-refractivity contribution in [2.75, 3.05) is 13.2 Å². The molecule has 1 unspecified atom stereocenters. The van der Waals surface area contributed by atoms with Gasteiger partial charge in [0.05, 0.1) is 17.9 Å². The summed E-state index contributed by atoms with van der Waals surface area (Å²) in [5, 5.41) is 3.89. The van der Waals surface area contributed by atoms with Gasteiger partial charge in [0.2, 0.25) is 5.88 Å². The van der Waals surface area contributed by atoms with Crippen molar-refractivity contribution in [2.45, 2.75) is 38.0 Å². The maximum Gasteiger partial charge on any atom is 0.417 e. The molecule has 2 aromatic rings. The second-order valence-corrected chi connectivity index (χ2v) is 8.69. The molecular weight excluding hydrogens is 523 g/mol. The highest BCUT2D eigenvalue weighted by molar-refractivity contribution is 6.55. The summed E-state index contributed by atoms with van der Waals surface area (Å²) in [6.07, 6.45) is -0.0612. The first-order valence-electron chi connectivity index (χ1n) is 10.2. The van der Waals surface area contributed by atoms with Gasteiger partial charge in [-0.1, -0.05) is 40.0 Å². The Morgan fingerprint density at radius 2 is 1.97 bits per heavy atom. The fraction of sp³-hybridized carbons (Fsp3) is 0.364. The van der Waals surface area contributed by atoms with Gasteiger partial charge in [-0.15, -0.1) is 0 Å². The lowest BCUT2D eigenvalue weighted by molar-refractivity contribution is -0.137. The minimum Gasteiger partial charge on any atom is -0.486 e. The molecule has 34 heavy (non-hydrogen) atoms.